The molecule has 1 amide bonds. The summed E-state index contributed by atoms with van der Waals surface area (Å²) in [6.07, 6.45) is 3.38. The lowest BCUT2D eigenvalue weighted by molar-refractivity contribution is 0.102. The molecule has 0 bridgehead atoms. The van der Waals surface area contributed by atoms with Gasteiger partial charge in [-0.05, 0) is 37.4 Å². The van der Waals surface area contributed by atoms with Crippen LogP contribution in [0.4, 0.5) is 5.13 Å². The summed E-state index contributed by atoms with van der Waals surface area (Å²) in [5, 5.41) is 5.02. The minimum atomic E-state index is -3.64. The standard InChI is InChI=1S/C20H21N5O3S2/c1-24-8-10-25(11-9-24)30(27,28)17-6-2-4-15(12-17)19(26)23-20-22-18(14-29-20)16-5-3-7-21-13-16/h2-7,12-14H,8-11H2,1H3,(H,22,23,26). The number of hydrogen-bond acceptors (Lipinski definition) is 7. The second-order valence-electron chi connectivity index (χ2n) is 6.97. The van der Waals surface area contributed by atoms with Crippen molar-refractivity contribution < 1.29 is 13.2 Å². The van der Waals surface area contributed by atoms with E-state index in [4.69, 9.17) is 0 Å². The molecule has 4 rings (SSSR count). The van der Waals surface area contributed by atoms with Gasteiger partial charge in [-0.1, -0.05) is 6.07 Å². The van der Waals surface area contributed by atoms with Gasteiger partial charge in [-0.3, -0.25) is 15.1 Å². The first-order valence-electron chi connectivity index (χ1n) is 9.39. The molecule has 1 aliphatic heterocycles. The number of piperazine rings is 1. The molecule has 1 N–H and O–H groups in total. The normalized spacial score (nSPS) is 15.8. The van der Waals surface area contributed by atoms with Gasteiger partial charge in [0, 0.05) is 55.1 Å². The average Bonchev–Trinajstić information content (AvgIpc) is 3.23. The molecule has 1 fully saturated rings. The predicted octanol–water partition coefficient (Wildman–Crippen LogP) is 2.39. The zero-order chi connectivity index (χ0) is 21.1. The highest BCUT2D eigenvalue weighted by molar-refractivity contribution is 7.89. The van der Waals surface area contributed by atoms with Crippen molar-refractivity contribution in [2.24, 2.45) is 0 Å². The third kappa shape index (κ3) is 4.41. The number of benzene rings is 1. The summed E-state index contributed by atoms with van der Waals surface area (Å²) in [5.41, 5.74) is 1.84. The molecular weight excluding hydrogens is 422 g/mol. The van der Waals surface area contributed by atoms with Crippen LogP contribution in [0.1, 0.15) is 10.4 Å². The van der Waals surface area contributed by atoms with Gasteiger partial charge in [-0.2, -0.15) is 4.31 Å². The third-order valence-electron chi connectivity index (χ3n) is 4.88. The summed E-state index contributed by atoms with van der Waals surface area (Å²) in [6.45, 7) is 2.24. The first-order valence-corrected chi connectivity index (χ1v) is 11.7. The van der Waals surface area contributed by atoms with Crippen molar-refractivity contribution in [1.82, 2.24) is 19.2 Å². The molecule has 2 aromatic heterocycles. The van der Waals surface area contributed by atoms with Crippen LogP contribution in [0.3, 0.4) is 0 Å². The lowest BCUT2D eigenvalue weighted by Crippen LogP contribution is -2.47. The molecule has 30 heavy (non-hydrogen) atoms. The highest BCUT2D eigenvalue weighted by Crippen LogP contribution is 2.25. The molecule has 0 saturated carbocycles. The number of carbonyl (C=O) groups excluding carboxylic acids is 1. The Labute approximate surface area is 179 Å². The molecule has 8 nitrogen and oxygen atoms in total. The highest BCUT2D eigenvalue weighted by atomic mass is 32.2. The van der Waals surface area contributed by atoms with Crippen LogP contribution in [0.5, 0.6) is 0 Å². The Morgan fingerprint density at radius 1 is 1.13 bits per heavy atom. The maximum absolute atomic E-state index is 12.9. The van der Waals surface area contributed by atoms with Gasteiger partial charge in [0.1, 0.15) is 0 Å². The smallest absolute Gasteiger partial charge is 0.257 e. The number of rotatable bonds is 5. The first-order chi connectivity index (χ1) is 14.4. The number of nitrogens with zero attached hydrogens (tertiary/aromatic N) is 4. The molecule has 0 radical (unpaired) electrons. The SMILES string of the molecule is CN1CCN(S(=O)(=O)c2cccc(C(=O)Nc3nc(-c4cccnc4)cs3)c2)CC1. The van der Waals surface area contributed by atoms with Crippen molar-refractivity contribution in [3.05, 3.63) is 59.7 Å². The number of pyridine rings is 1. The molecule has 10 heteroatoms. The van der Waals surface area contributed by atoms with E-state index in [9.17, 15) is 13.2 Å². The van der Waals surface area contributed by atoms with Crippen LogP contribution in [-0.4, -0.2) is 66.7 Å². The van der Waals surface area contributed by atoms with Crippen LogP contribution >= 0.6 is 11.3 Å². The van der Waals surface area contributed by atoms with E-state index in [1.165, 1.54) is 27.8 Å². The van der Waals surface area contributed by atoms with Gasteiger partial charge in [0.2, 0.25) is 10.0 Å². The van der Waals surface area contributed by atoms with Crippen LogP contribution in [0.2, 0.25) is 0 Å². The monoisotopic (exact) mass is 443 g/mol. The van der Waals surface area contributed by atoms with Crippen LogP contribution < -0.4 is 5.32 Å². The maximum atomic E-state index is 12.9. The van der Waals surface area contributed by atoms with Gasteiger partial charge < -0.3 is 4.90 Å². The van der Waals surface area contributed by atoms with E-state index in [0.29, 0.717) is 31.3 Å². The van der Waals surface area contributed by atoms with Gasteiger partial charge in [-0.25, -0.2) is 13.4 Å². The number of hydrogen-bond donors (Lipinski definition) is 1. The molecular formula is C20H21N5O3S2. The maximum Gasteiger partial charge on any atom is 0.257 e. The fraction of sp³-hybridized carbons (Fsp3) is 0.250. The van der Waals surface area contributed by atoms with E-state index in [1.54, 1.807) is 24.5 Å². The molecule has 156 valence electrons. The van der Waals surface area contributed by atoms with Crippen molar-refractivity contribution in [3.63, 3.8) is 0 Å². The fourth-order valence-electron chi connectivity index (χ4n) is 3.12. The summed E-state index contributed by atoms with van der Waals surface area (Å²) < 4.78 is 27.4. The summed E-state index contributed by atoms with van der Waals surface area (Å²) in [6, 6.07) is 9.82. The highest BCUT2D eigenvalue weighted by Gasteiger charge is 2.28. The lowest BCUT2D eigenvalue weighted by Gasteiger charge is -2.31. The van der Waals surface area contributed by atoms with Gasteiger partial charge in [0.15, 0.2) is 5.13 Å². The van der Waals surface area contributed by atoms with Gasteiger partial charge in [0.25, 0.3) is 5.91 Å². The number of thiazole rings is 1. The van der Waals surface area contributed by atoms with Crippen molar-refractivity contribution in [2.45, 2.75) is 4.90 Å². The van der Waals surface area contributed by atoms with E-state index in [2.05, 4.69) is 20.2 Å². The number of sulfonamides is 1. The minimum absolute atomic E-state index is 0.120. The van der Waals surface area contributed by atoms with Crippen molar-refractivity contribution in [1.29, 1.82) is 0 Å². The predicted molar refractivity (Wildman–Crippen MR) is 116 cm³/mol. The molecule has 1 aromatic carbocycles. The number of anilines is 1. The molecule has 0 aliphatic carbocycles. The zero-order valence-electron chi connectivity index (χ0n) is 16.4. The number of carbonyl (C=O) groups is 1. The van der Waals surface area contributed by atoms with Gasteiger partial charge >= 0.3 is 0 Å². The van der Waals surface area contributed by atoms with E-state index in [1.807, 2.05) is 24.6 Å². The Hall–Kier alpha value is -2.66. The van der Waals surface area contributed by atoms with Crippen molar-refractivity contribution in [2.75, 3.05) is 38.5 Å². The van der Waals surface area contributed by atoms with E-state index in [-0.39, 0.29) is 10.5 Å². The Balaban J connectivity index is 1.50. The van der Waals surface area contributed by atoms with E-state index >= 15 is 0 Å². The number of nitrogens with one attached hydrogen (secondary N) is 1. The van der Waals surface area contributed by atoms with E-state index in [0.717, 1.165) is 11.3 Å². The quantitative estimate of drug-likeness (QED) is 0.651. The average molecular weight is 444 g/mol. The van der Waals surface area contributed by atoms with Gasteiger partial charge in [-0.15, -0.1) is 11.3 Å². The van der Waals surface area contributed by atoms with Crippen molar-refractivity contribution >= 4 is 32.4 Å². The Morgan fingerprint density at radius 3 is 2.67 bits per heavy atom. The van der Waals surface area contributed by atoms with Gasteiger partial charge in [0.05, 0.1) is 10.6 Å². The topological polar surface area (TPSA) is 95.5 Å². The van der Waals surface area contributed by atoms with Crippen LogP contribution in [0.15, 0.2) is 59.1 Å². The van der Waals surface area contributed by atoms with Crippen molar-refractivity contribution in [3.8, 4) is 11.3 Å². The van der Waals surface area contributed by atoms with Crippen LogP contribution in [-0.2, 0) is 10.0 Å². The third-order valence-corrected chi connectivity index (χ3v) is 7.53. The zero-order valence-corrected chi connectivity index (χ0v) is 18.0. The minimum Gasteiger partial charge on any atom is -0.304 e. The largest absolute Gasteiger partial charge is 0.304 e. The summed E-state index contributed by atoms with van der Waals surface area (Å²) >= 11 is 1.30. The molecule has 3 aromatic rings. The molecule has 1 aliphatic rings. The number of aromatic nitrogens is 2. The summed E-state index contributed by atoms with van der Waals surface area (Å²) in [4.78, 5) is 23.4. The van der Waals surface area contributed by atoms with E-state index < -0.39 is 15.9 Å². The molecule has 0 spiro atoms. The van der Waals surface area contributed by atoms with Crippen LogP contribution in [0, 0.1) is 0 Å². The first kappa shape index (κ1) is 20.6. The van der Waals surface area contributed by atoms with Crippen LogP contribution in [0.25, 0.3) is 11.3 Å². The Morgan fingerprint density at radius 2 is 1.93 bits per heavy atom. The molecule has 3 heterocycles. The molecule has 0 unspecified atom stereocenters. The summed E-state index contributed by atoms with van der Waals surface area (Å²) in [5.74, 6) is -0.405. The molecule has 0 atom stereocenters. The Kier molecular flexibility index (Phi) is 5.91. The Bertz CT molecular complexity index is 1140. The fourth-order valence-corrected chi connectivity index (χ4v) is 5.31. The second kappa shape index (κ2) is 8.60. The molecule has 1 saturated heterocycles. The number of amides is 1. The number of likely N-dealkylation sites (N-methyl/N-ethyl adjacent to an activating group) is 1. The lowest BCUT2D eigenvalue weighted by atomic mass is 10.2. The second-order valence-corrected chi connectivity index (χ2v) is 9.76. The summed E-state index contributed by atoms with van der Waals surface area (Å²) in [7, 11) is -1.67.